The number of carbonyl (C=O) groups is 1. The van der Waals surface area contributed by atoms with Gasteiger partial charge >= 0.3 is 0 Å². The van der Waals surface area contributed by atoms with Crippen LogP contribution in [0.5, 0.6) is 5.75 Å². The normalized spacial score (nSPS) is 10.8. The molecule has 0 saturated heterocycles. The van der Waals surface area contributed by atoms with Gasteiger partial charge in [0.25, 0.3) is 0 Å². The number of benzene rings is 1. The van der Waals surface area contributed by atoms with Crippen LogP contribution in [0, 0.1) is 6.92 Å². The van der Waals surface area contributed by atoms with Gasteiger partial charge in [-0.3, -0.25) is 4.79 Å². The molecule has 1 N–H and O–H groups in total. The lowest BCUT2D eigenvalue weighted by atomic mass is 10.2. The number of aryl methyl sites for hydroxylation is 1. The summed E-state index contributed by atoms with van der Waals surface area (Å²) in [6, 6.07) is 9.87. The van der Waals surface area contributed by atoms with Crippen LogP contribution in [-0.4, -0.2) is 25.0 Å². The highest BCUT2D eigenvalue weighted by Gasteiger charge is 2.01. The Kier molecular flexibility index (Phi) is 6.48. The highest BCUT2D eigenvalue weighted by molar-refractivity contribution is 7.99. The number of hydrazone groups is 1. The quantitative estimate of drug-likeness (QED) is 0.623. The minimum atomic E-state index is -0.0935. The zero-order valence-corrected chi connectivity index (χ0v) is 14.2. The van der Waals surface area contributed by atoms with E-state index < -0.39 is 0 Å². The summed E-state index contributed by atoms with van der Waals surface area (Å²) in [5.41, 5.74) is 4.88. The zero-order valence-electron chi connectivity index (χ0n) is 12.5. The minimum Gasteiger partial charge on any atom is -0.497 e. The van der Waals surface area contributed by atoms with Crippen LogP contribution in [0.25, 0.3) is 0 Å². The molecule has 6 heteroatoms. The van der Waals surface area contributed by atoms with E-state index in [2.05, 4.69) is 10.5 Å². The summed E-state index contributed by atoms with van der Waals surface area (Å²) in [6.07, 6.45) is 1.69. The van der Waals surface area contributed by atoms with Crippen LogP contribution in [0.2, 0.25) is 0 Å². The first-order valence-electron chi connectivity index (χ1n) is 6.75. The molecule has 0 aliphatic rings. The summed E-state index contributed by atoms with van der Waals surface area (Å²) < 4.78 is 5.11. The van der Waals surface area contributed by atoms with Gasteiger partial charge in [0.15, 0.2) is 0 Å². The van der Waals surface area contributed by atoms with E-state index in [4.69, 9.17) is 4.74 Å². The van der Waals surface area contributed by atoms with Gasteiger partial charge < -0.3 is 4.74 Å². The molecule has 0 bridgehead atoms. The Morgan fingerprint density at radius 3 is 2.77 bits per heavy atom. The highest BCUT2D eigenvalue weighted by atomic mass is 32.2. The fourth-order valence-electron chi connectivity index (χ4n) is 1.70. The topological polar surface area (TPSA) is 50.7 Å². The van der Waals surface area contributed by atoms with Crippen molar-refractivity contribution in [3.8, 4) is 5.75 Å². The lowest BCUT2D eigenvalue weighted by Gasteiger charge is -2.03. The predicted octanol–water partition coefficient (Wildman–Crippen LogP) is 3.45. The molecule has 2 rings (SSSR count). The summed E-state index contributed by atoms with van der Waals surface area (Å²) in [5.74, 6) is 1.91. The third kappa shape index (κ3) is 5.20. The largest absolute Gasteiger partial charge is 0.497 e. The number of ether oxygens (including phenoxy) is 1. The summed E-state index contributed by atoms with van der Waals surface area (Å²) in [7, 11) is 1.65. The summed E-state index contributed by atoms with van der Waals surface area (Å²) in [4.78, 5) is 12.7. The van der Waals surface area contributed by atoms with Crippen molar-refractivity contribution in [3.63, 3.8) is 0 Å². The number of amides is 1. The molecule has 0 spiro atoms. The van der Waals surface area contributed by atoms with Gasteiger partial charge in [0, 0.05) is 10.6 Å². The van der Waals surface area contributed by atoms with Crippen molar-refractivity contribution in [2.75, 3.05) is 12.9 Å². The Bertz CT molecular complexity index is 636. The first kappa shape index (κ1) is 16.6. The van der Waals surface area contributed by atoms with Crippen LogP contribution in [-0.2, 0) is 10.5 Å². The van der Waals surface area contributed by atoms with Gasteiger partial charge in [-0.1, -0.05) is 12.1 Å². The van der Waals surface area contributed by atoms with E-state index in [1.165, 1.54) is 0 Å². The Morgan fingerprint density at radius 2 is 2.14 bits per heavy atom. The number of rotatable bonds is 7. The number of nitrogens with zero attached hydrogens (tertiary/aromatic N) is 1. The van der Waals surface area contributed by atoms with E-state index in [1.807, 2.05) is 42.6 Å². The molecule has 116 valence electrons. The maximum absolute atomic E-state index is 11.7. The fraction of sp³-hybridized carbons (Fsp3) is 0.250. The highest BCUT2D eigenvalue weighted by Crippen LogP contribution is 2.16. The molecule has 0 unspecified atom stereocenters. The number of thiophene rings is 1. The molecule has 1 amide bonds. The molecule has 1 aromatic carbocycles. The van der Waals surface area contributed by atoms with E-state index in [-0.39, 0.29) is 5.91 Å². The smallest absolute Gasteiger partial charge is 0.250 e. The van der Waals surface area contributed by atoms with Crippen LogP contribution < -0.4 is 10.2 Å². The molecular weight excluding hydrogens is 316 g/mol. The van der Waals surface area contributed by atoms with Crippen LogP contribution >= 0.6 is 23.1 Å². The molecule has 22 heavy (non-hydrogen) atoms. The van der Waals surface area contributed by atoms with Crippen molar-refractivity contribution in [2.24, 2.45) is 5.10 Å². The van der Waals surface area contributed by atoms with Gasteiger partial charge in [0.05, 0.1) is 19.1 Å². The van der Waals surface area contributed by atoms with Crippen molar-refractivity contribution in [3.05, 3.63) is 51.7 Å². The average Bonchev–Trinajstić information content (AvgIpc) is 2.93. The SMILES string of the molecule is COc1ccc(CSCC(=O)N/N=C\c2sccc2C)cc1. The second kappa shape index (κ2) is 8.60. The Labute approximate surface area is 138 Å². The van der Waals surface area contributed by atoms with E-state index in [0.29, 0.717) is 5.75 Å². The molecule has 0 atom stereocenters. The molecule has 2 aromatic rings. The van der Waals surface area contributed by atoms with Crippen molar-refractivity contribution < 1.29 is 9.53 Å². The summed E-state index contributed by atoms with van der Waals surface area (Å²) in [5, 5.41) is 5.98. The average molecular weight is 334 g/mol. The fourth-order valence-corrected chi connectivity index (χ4v) is 3.26. The molecule has 0 radical (unpaired) electrons. The summed E-state index contributed by atoms with van der Waals surface area (Å²) >= 11 is 3.16. The van der Waals surface area contributed by atoms with Crippen LogP contribution in [0.3, 0.4) is 0 Å². The van der Waals surface area contributed by atoms with Crippen molar-refractivity contribution in [2.45, 2.75) is 12.7 Å². The number of thioether (sulfide) groups is 1. The lowest BCUT2D eigenvalue weighted by molar-refractivity contribution is -0.118. The van der Waals surface area contributed by atoms with E-state index >= 15 is 0 Å². The molecule has 0 saturated carbocycles. The van der Waals surface area contributed by atoms with E-state index in [9.17, 15) is 4.79 Å². The molecule has 4 nitrogen and oxygen atoms in total. The molecule has 0 fully saturated rings. The van der Waals surface area contributed by atoms with Crippen LogP contribution in [0.15, 0.2) is 40.8 Å². The molecule has 0 aliphatic heterocycles. The third-order valence-corrected chi connectivity index (χ3v) is 4.89. The van der Waals surface area contributed by atoms with Crippen molar-refractivity contribution in [1.82, 2.24) is 5.43 Å². The minimum absolute atomic E-state index is 0.0935. The Morgan fingerprint density at radius 1 is 1.36 bits per heavy atom. The zero-order chi connectivity index (χ0) is 15.8. The number of nitrogens with one attached hydrogen (secondary N) is 1. The second-order valence-corrected chi connectivity index (χ2v) is 6.54. The maximum atomic E-state index is 11.7. The molecule has 1 heterocycles. The Balaban J connectivity index is 1.69. The number of hydrogen-bond acceptors (Lipinski definition) is 5. The number of hydrogen-bond donors (Lipinski definition) is 1. The monoisotopic (exact) mass is 334 g/mol. The van der Waals surface area contributed by atoms with Crippen molar-refractivity contribution in [1.29, 1.82) is 0 Å². The summed E-state index contributed by atoms with van der Waals surface area (Å²) in [6.45, 7) is 2.02. The van der Waals surface area contributed by atoms with Gasteiger partial charge in [-0.2, -0.15) is 5.10 Å². The van der Waals surface area contributed by atoms with Crippen molar-refractivity contribution >= 4 is 35.2 Å². The van der Waals surface area contributed by atoms with Gasteiger partial charge in [-0.15, -0.1) is 23.1 Å². The predicted molar refractivity (Wildman–Crippen MR) is 93.9 cm³/mol. The van der Waals surface area contributed by atoms with Gasteiger partial charge in [0.1, 0.15) is 5.75 Å². The third-order valence-electron chi connectivity index (χ3n) is 2.93. The van der Waals surface area contributed by atoms with Crippen LogP contribution in [0.1, 0.15) is 16.0 Å². The van der Waals surface area contributed by atoms with E-state index in [0.717, 1.165) is 27.5 Å². The number of methoxy groups -OCH3 is 1. The molecule has 0 aliphatic carbocycles. The van der Waals surface area contributed by atoms with Gasteiger partial charge in [-0.25, -0.2) is 5.43 Å². The Hall–Kier alpha value is -1.79. The standard InChI is InChI=1S/C16H18N2O2S2/c1-12-7-8-22-15(12)9-17-18-16(19)11-21-10-13-3-5-14(20-2)6-4-13/h3-9H,10-11H2,1-2H3,(H,18,19)/b17-9-. The second-order valence-electron chi connectivity index (χ2n) is 4.60. The van der Waals surface area contributed by atoms with Gasteiger partial charge in [-0.05, 0) is 41.6 Å². The molecule has 1 aromatic heterocycles. The van der Waals surface area contributed by atoms with E-state index in [1.54, 1.807) is 36.4 Å². The first-order valence-corrected chi connectivity index (χ1v) is 8.79. The lowest BCUT2D eigenvalue weighted by Crippen LogP contribution is -2.19. The van der Waals surface area contributed by atoms with Gasteiger partial charge in [0.2, 0.25) is 5.91 Å². The van der Waals surface area contributed by atoms with Crippen LogP contribution in [0.4, 0.5) is 0 Å². The first-order chi connectivity index (χ1) is 10.7. The molecular formula is C16H18N2O2S2. The maximum Gasteiger partial charge on any atom is 0.250 e. The number of carbonyl (C=O) groups excluding carboxylic acids is 1.